The molecule has 0 amide bonds. The third-order valence-electron chi connectivity index (χ3n) is 2.87. The maximum atomic E-state index is 5.95. The molecule has 0 bridgehead atoms. The van der Waals surface area contributed by atoms with Gasteiger partial charge in [0.15, 0.2) is 0 Å². The van der Waals surface area contributed by atoms with Crippen LogP contribution >= 0.6 is 11.6 Å². The quantitative estimate of drug-likeness (QED) is 0.687. The summed E-state index contributed by atoms with van der Waals surface area (Å²) in [7, 11) is 0. The van der Waals surface area contributed by atoms with E-state index in [9.17, 15) is 0 Å². The number of fused-ring (bicyclic) bond motifs is 1. The molecule has 1 aliphatic heterocycles. The van der Waals surface area contributed by atoms with Gasteiger partial charge in [-0.15, -0.1) is 0 Å². The molecule has 0 spiro atoms. The standard InChI is InChI=1S/C12H16ClN/c1-12(2,3)11-6-8-4-5-9(13)7-10(8)14-11/h4-5,7,11,14H,6H2,1-3H3. The average Bonchev–Trinajstić information content (AvgIpc) is 2.45. The molecular formula is C12H16ClN. The first kappa shape index (κ1) is 9.85. The predicted octanol–water partition coefficient (Wildman–Crippen LogP) is 3.72. The summed E-state index contributed by atoms with van der Waals surface area (Å²) in [6.45, 7) is 6.79. The van der Waals surface area contributed by atoms with Crippen LogP contribution in [0.3, 0.4) is 0 Å². The first-order chi connectivity index (χ1) is 6.47. The fourth-order valence-corrected chi connectivity index (χ4v) is 2.01. The van der Waals surface area contributed by atoms with Crippen molar-refractivity contribution in [1.29, 1.82) is 0 Å². The summed E-state index contributed by atoms with van der Waals surface area (Å²) in [5.41, 5.74) is 2.89. The summed E-state index contributed by atoms with van der Waals surface area (Å²) in [5.74, 6) is 0. The van der Waals surface area contributed by atoms with E-state index >= 15 is 0 Å². The van der Waals surface area contributed by atoms with Crippen LogP contribution in [0.5, 0.6) is 0 Å². The highest BCUT2D eigenvalue weighted by molar-refractivity contribution is 6.30. The molecule has 0 aliphatic carbocycles. The van der Waals surface area contributed by atoms with Crippen molar-refractivity contribution < 1.29 is 0 Å². The van der Waals surface area contributed by atoms with E-state index in [1.165, 1.54) is 11.3 Å². The summed E-state index contributed by atoms with van der Waals surface area (Å²) >= 11 is 5.95. The van der Waals surface area contributed by atoms with Gasteiger partial charge in [0.1, 0.15) is 0 Å². The van der Waals surface area contributed by atoms with E-state index in [4.69, 9.17) is 11.6 Å². The lowest BCUT2D eigenvalue weighted by molar-refractivity contribution is 0.347. The van der Waals surface area contributed by atoms with Crippen molar-refractivity contribution in [2.75, 3.05) is 5.32 Å². The number of hydrogen-bond acceptors (Lipinski definition) is 1. The summed E-state index contributed by atoms with van der Waals surface area (Å²) in [5, 5.41) is 4.34. The van der Waals surface area contributed by atoms with Crippen LogP contribution in [0.4, 0.5) is 5.69 Å². The van der Waals surface area contributed by atoms with Crippen LogP contribution in [0, 0.1) is 5.41 Å². The van der Waals surface area contributed by atoms with Gasteiger partial charge < -0.3 is 5.32 Å². The molecule has 1 unspecified atom stereocenters. The number of anilines is 1. The zero-order valence-electron chi connectivity index (χ0n) is 8.89. The fourth-order valence-electron chi connectivity index (χ4n) is 1.84. The van der Waals surface area contributed by atoms with E-state index in [0.29, 0.717) is 11.5 Å². The van der Waals surface area contributed by atoms with Gasteiger partial charge in [0.25, 0.3) is 0 Å². The van der Waals surface area contributed by atoms with Crippen molar-refractivity contribution in [1.82, 2.24) is 0 Å². The highest BCUT2D eigenvalue weighted by atomic mass is 35.5. The minimum atomic E-state index is 0.297. The van der Waals surface area contributed by atoms with E-state index < -0.39 is 0 Å². The van der Waals surface area contributed by atoms with Crippen LogP contribution in [-0.4, -0.2) is 6.04 Å². The van der Waals surface area contributed by atoms with Gasteiger partial charge in [0, 0.05) is 16.8 Å². The van der Waals surface area contributed by atoms with Crippen molar-refractivity contribution in [2.24, 2.45) is 5.41 Å². The summed E-state index contributed by atoms with van der Waals surface area (Å²) in [6.07, 6.45) is 1.11. The minimum Gasteiger partial charge on any atom is -0.381 e. The maximum absolute atomic E-state index is 5.95. The molecule has 1 aliphatic rings. The SMILES string of the molecule is CC(C)(C)C1Cc2ccc(Cl)cc2N1. The zero-order chi connectivity index (χ0) is 10.3. The summed E-state index contributed by atoms with van der Waals surface area (Å²) in [4.78, 5) is 0. The molecule has 76 valence electrons. The normalized spacial score (nSPS) is 20.4. The molecule has 1 atom stereocenters. The van der Waals surface area contributed by atoms with Gasteiger partial charge in [0.2, 0.25) is 0 Å². The number of benzene rings is 1. The van der Waals surface area contributed by atoms with Crippen molar-refractivity contribution in [3.8, 4) is 0 Å². The number of hydrogen-bond donors (Lipinski definition) is 1. The Balaban J connectivity index is 2.26. The zero-order valence-corrected chi connectivity index (χ0v) is 9.65. The summed E-state index contributed by atoms with van der Waals surface area (Å²) in [6, 6.07) is 6.63. The Hall–Kier alpha value is -0.690. The topological polar surface area (TPSA) is 12.0 Å². The molecule has 1 aromatic rings. The van der Waals surface area contributed by atoms with Gasteiger partial charge in [-0.2, -0.15) is 0 Å². The van der Waals surface area contributed by atoms with Crippen molar-refractivity contribution in [3.63, 3.8) is 0 Å². The van der Waals surface area contributed by atoms with Gasteiger partial charge >= 0.3 is 0 Å². The van der Waals surface area contributed by atoms with Crippen LogP contribution in [-0.2, 0) is 6.42 Å². The molecule has 1 heterocycles. The highest BCUT2D eigenvalue weighted by Crippen LogP contribution is 2.35. The smallest absolute Gasteiger partial charge is 0.0426 e. The van der Waals surface area contributed by atoms with E-state index in [2.05, 4.69) is 32.2 Å². The van der Waals surface area contributed by atoms with Crippen LogP contribution in [0.1, 0.15) is 26.3 Å². The van der Waals surface area contributed by atoms with Crippen LogP contribution < -0.4 is 5.32 Å². The highest BCUT2D eigenvalue weighted by Gasteiger charge is 2.30. The van der Waals surface area contributed by atoms with E-state index in [-0.39, 0.29) is 0 Å². The molecule has 1 N–H and O–H groups in total. The Labute approximate surface area is 90.5 Å². The molecule has 0 radical (unpaired) electrons. The predicted molar refractivity (Wildman–Crippen MR) is 62.0 cm³/mol. The monoisotopic (exact) mass is 209 g/mol. The molecule has 0 aromatic heterocycles. The molecule has 0 fully saturated rings. The van der Waals surface area contributed by atoms with Crippen LogP contribution in [0.2, 0.25) is 5.02 Å². The third kappa shape index (κ3) is 1.74. The number of nitrogens with one attached hydrogen (secondary N) is 1. The Kier molecular flexibility index (Phi) is 2.23. The number of halogens is 1. The van der Waals surface area contributed by atoms with E-state index in [0.717, 1.165) is 11.4 Å². The first-order valence-electron chi connectivity index (χ1n) is 5.02. The summed E-state index contributed by atoms with van der Waals surface area (Å²) < 4.78 is 0. The lowest BCUT2D eigenvalue weighted by Crippen LogP contribution is -2.31. The molecule has 2 heteroatoms. The first-order valence-corrected chi connectivity index (χ1v) is 5.39. The minimum absolute atomic E-state index is 0.297. The van der Waals surface area contributed by atoms with Gasteiger partial charge in [-0.1, -0.05) is 38.4 Å². The van der Waals surface area contributed by atoms with Crippen molar-refractivity contribution in [2.45, 2.75) is 33.2 Å². The second-order valence-electron chi connectivity index (χ2n) is 5.07. The average molecular weight is 210 g/mol. The lowest BCUT2D eigenvalue weighted by Gasteiger charge is -2.27. The van der Waals surface area contributed by atoms with E-state index in [1.54, 1.807) is 0 Å². The lowest BCUT2D eigenvalue weighted by atomic mass is 9.85. The molecule has 14 heavy (non-hydrogen) atoms. The van der Waals surface area contributed by atoms with E-state index in [1.807, 2.05) is 12.1 Å². The maximum Gasteiger partial charge on any atom is 0.0426 e. The molecule has 0 saturated carbocycles. The second-order valence-corrected chi connectivity index (χ2v) is 5.50. The van der Waals surface area contributed by atoms with Crippen molar-refractivity contribution >= 4 is 17.3 Å². The third-order valence-corrected chi connectivity index (χ3v) is 3.11. The molecule has 1 nitrogen and oxygen atoms in total. The Morgan fingerprint density at radius 3 is 2.71 bits per heavy atom. The van der Waals surface area contributed by atoms with Crippen LogP contribution in [0.15, 0.2) is 18.2 Å². The number of rotatable bonds is 0. The largest absolute Gasteiger partial charge is 0.381 e. The molecule has 2 rings (SSSR count). The molecule has 0 saturated heterocycles. The Bertz CT molecular complexity index is 352. The van der Waals surface area contributed by atoms with Crippen molar-refractivity contribution in [3.05, 3.63) is 28.8 Å². The Morgan fingerprint density at radius 1 is 1.36 bits per heavy atom. The Morgan fingerprint density at radius 2 is 2.07 bits per heavy atom. The second kappa shape index (κ2) is 3.16. The van der Waals surface area contributed by atoms with Gasteiger partial charge in [-0.25, -0.2) is 0 Å². The molecular weight excluding hydrogens is 194 g/mol. The van der Waals surface area contributed by atoms with Gasteiger partial charge in [0.05, 0.1) is 0 Å². The molecule has 1 aromatic carbocycles. The van der Waals surface area contributed by atoms with Crippen LogP contribution in [0.25, 0.3) is 0 Å². The van der Waals surface area contributed by atoms with Gasteiger partial charge in [-0.3, -0.25) is 0 Å². The fraction of sp³-hybridized carbons (Fsp3) is 0.500. The van der Waals surface area contributed by atoms with Gasteiger partial charge in [-0.05, 0) is 29.5 Å².